The van der Waals surface area contributed by atoms with Crippen molar-refractivity contribution in [3.8, 4) is 10.6 Å². The highest BCUT2D eigenvalue weighted by Crippen LogP contribution is 2.28. The topological polar surface area (TPSA) is 68.9 Å². The van der Waals surface area contributed by atoms with E-state index < -0.39 is 5.91 Å². The van der Waals surface area contributed by atoms with Crippen molar-refractivity contribution in [1.29, 1.82) is 0 Å². The minimum Gasteiger partial charge on any atom is -0.364 e. The number of carbonyl (C=O) groups is 1. The summed E-state index contributed by atoms with van der Waals surface area (Å²) in [6, 6.07) is 3.75. The summed E-state index contributed by atoms with van der Waals surface area (Å²) in [5.41, 5.74) is 6.70. The van der Waals surface area contributed by atoms with Crippen LogP contribution in [0.25, 0.3) is 10.6 Å². The van der Waals surface area contributed by atoms with Gasteiger partial charge in [0.2, 0.25) is 0 Å². The summed E-state index contributed by atoms with van der Waals surface area (Å²) in [5.74, 6) is -0.454. The monoisotopic (exact) mass is 247 g/mol. The van der Waals surface area contributed by atoms with Gasteiger partial charge in [-0.25, -0.2) is 4.98 Å². The van der Waals surface area contributed by atoms with E-state index in [1.54, 1.807) is 12.4 Å². The third-order valence-electron chi connectivity index (χ3n) is 2.34. The quantitative estimate of drug-likeness (QED) is 0.901. The summed E-state index contributed by atoms with van der Waals surface area (Å²) in [7, 11) is 0. The van der Waals surface area contributed by atoms with Gasteiger partial charge in [-0.2, -0.15) is 0 Å². The second-order valence-electron chi connectivity index (χ2n) is 3.64. The smallest absolute Gasteiger partial charge is 0.268 e. The van der Waals surface area contributed by atoms with Crippen LogP contribution in [0.5, 0.6) is 0 Å². The number of aromatic nitrogens is 2. The molecule has 0 saturated heterocycles. The summed E-state index contributed by atoms with van der Waals surface area (Å²) in [4.78, 5) is 20.5. The van der Waals surface area contributed by atoms with Crippen molar-refractivity contribution in [3.63, 3.8) is 0 Å². The standard InChI is InChI=1S/C12H13N3OS/c1-2-3-9-10(11(13)16)15-12(17-9)8-4-6-14-7-5-8/h4-7H,2-3H2,1H3,(H2,13,16). The Labute approximate surface area is 104 Å². The predicted octanol–water partition coefficient (Wildman–Crippen LogP) is 2.26. The van der Waals surface area contributed by atoms with Crippen LogP contribution < -0.4 is 5.73 Å². The molecule has 0 aromatic carbocycles. The molecule has 0 fully saturated rings. The maximum atomic E-state index is 11.3. The molecule has 0 aliphatic rings. The number of amides is 1. The van der Waals surface area contributed by atoms with Crippen LogP contribution in [-0.2, 0) is 6.42 Å². The van der Waals surface area contributed by atoms with Crippen LogP contribution in [0.1, 0.15) is 28.7 Å². The lowest BCUT2D eigenvalue weighted by molar-refractivity contribution is 0.0995. The van der Waals surface area contributed by atoms with Gasteiger partial charge in [0, 0.05) is 22.8 Å². The fourth-order valence-corrected chi connectivity index (χ4v) is 2.73. The highest BCUT2D eigenvalue weighted by atomic mass is 32.1. The van der Waals surface area contributed by atoms with Crippen molar-refractivity contribution in [1.82, 2.24) is 9.97 Å². The molecule has 0 bridgehead atoms. The highest BCUT2D eigenvalue weighted by molar-refractivity contribution is 7.15. The number of primary amides is 1. The van der Waals surface area contributed by atoms with E-state index in [4.69, 9.17) is 5.73 Å². The Bertz CT molecular complexity index is 522. The van der Waals surface area contributed by atoms with E-state index in [9.17, 15) is 4.79 Å². The molecule has 0 radical (unpaired) electrons. The Kier molecular flexibility index (Phi) is 3.49. The van der Waals surface area contributed by atoms with Crippen molar-refractivity contribution >= 4 is 17.2 Å². The van der Waals surface area contributed by atoms with Gasteiger partial charge in [0.1, 0.15) is 10.7 Å². The molecule has 0 unspecified atom stereocenters. The zero-order valence-electron chi connectivity index (χ0n) is 9.51. The minimum atomic E-state index is -0.454. The number of nitrogens with zero attached hydrogens (tertiary/aromatic N) is 2. The van der Waals surface area contributed by atoms with Gasteiger partial charge in [-0.15, -0.1) is 11.3 Å². The molecule has 0 aliphatic heterocycles. The maximum absolute atomic E-state index is 11.3. The third-order valence-corrected chi connectivity index (χ3v) is 3.50. The highest BCUT2D eigenvalue weighted by Gasteiger charge is 2.15. The first-order valence-corrected chi connectivity index (χ1v) is 6.24. The molecule has 0 aliphatic carbocycles. The largest absolute Gasteiger partial charge is 0.364 e. The van der Waals surface area contributed by atoms with Crippen molar-refractivity contribution in [2.24, 2.45) is 5.73 Å². The number of carbonyl (C=O) groups excluding carboxylic acids is 1. The molecule has 0 saturated carbocycles. The van der Waals surface area contributed by atoms with Crippen molar-refractivity contribution in [3.05, 3.63) is 35.1 Å². The Morgan fingerprint density at radius 1 is 1.41 bits per heavy atom. The average Bonchev–Trinajstić information content (AvgIpc) is 2.75. The molecule has 17 heavy (non-hydrogen) atoms. The normalized spacial score (nSPS) is 10.4. The fourth-order valence-electron chi connectivity index (χ4n) is 1.56. The fraction of sp³-hybridized carbons (Fsp3) is 0.250. The molecule has 5 heteroatoms. The molecular formula is C12H13N3OS. The van der Waals surface area contributed by atoms with E-state index in [0.717, 1.165) is 28.3 Å². The minimum absolute atomic E-state index is 0.406. The van der Waals surface area contributed by atoms with E-state index in [1.165, 1.54) is 11.3 Å². The zero-order valence-corrected chi connectivity index (χ0v) is 10.3. The lowest BCUT2D eigenvalue weighted by Gasteiger charge is -1.93. The summed E-state index contributed by atoms with van der Waals surface area (Å²) in [6.45, 7) is 2.07. The third kappa shape index (κ3) is 2.50. The van der Waals surface area contributed by atoms with Gasteiger partial charge >= 0.3 is 0 Å². The molecule has 0 spiro atoms. The van der Waals surface area contributed by atoms with Gasteiger partial charge < -0.3 is 5.73 Å². The number of pyridine rings is 1. The second kappa shape index (κ2) is 5.05. The van der Waals surface area contributed by atoms with Crippen molar-refractivity contribution in [2.75, 3.05) is 0 Å². The molecule has 2 rings (SSSR count). The zero-order chi connectivity index (χ0) is 12.3. The Balaban J connectivity index is 2.44. The van der Waals surface area contributed by atoms with Crippen LogP contribution in [0.15, 0.2) is 24.5 Å². The molecule has 88 valence electrons. The van der Waals surface area contributed by atoms with E-state index >= 15 is 0 Å². The Morgan fingerprint density at radius 2 is 2.12 bits per heavy atom. The molecule has 4 nitrogen and oxygen atoms in total. The van der Waals surface area contributed by atoms with Gasteiger partial charge in [0.25, 0.3) is 5.91 Å². The lowest BCUT2D eigenvalue weighted by atomic mass is 10.2. The predicted molar refractivity (Wildman–Crippen MR) is 67.9 cm³/mol. The summed E-state index contributed by atoms with van der Waals surface area (Å²) >= 11 is 1.53. The first-order valence-electron chi connectivity index (χ1n) is 5.42. The van der Waals surface area contributed by atoms with Crippen LogP contribution >= 0.6 is 11.3 Å². The summed E-state index contributed by atoms with van der Waals surface area (Å²) < 4.78 is 0. The molecule has 1 amide bonds. The van der Waals surface area contributed by atoms with Crippen LogP contribution in [0.2, 0.25) is 0 Å². The van der Waals surface area contributed by atoms with Crippen LogP contribution in [0.4, 0.5) is 0 Å². The van der Waals surface area contributed by atoms with Crippen LogP contribution in [0.3, 0.4) is 0 Å². The van der Waals surface area contributed by atoms with Crippen molar-refractivity contribution < 1.29 is 4.79 Å². The van der Waals surface area contributed by atoms with Crippen molar-refractivity contribution in [2.45, 2.75) is 19.8 Å². The van der Waals surface area contributed by atoms with E-state index in [1.807, 2.05) is 12.1 Å². The lowest BCUT2D eigenvalue weighted by Crippen LogP contribution is -2.13. The van der Waals surface area contributed by atoms with Gasteiger partial charge in [0.15, 0.2) is 0 Å². The van der Waals surface area contributed by atoms with E-state index in [2.05, 4.69) is 16.9 Å². The summed E-state index contributed by atoms with van der Waals surface area (Å²) in [6.07, 6.45) is 5.22. The molecule has 2 heterocycles. The molecule has 2 N–H and O–H groups in total. The first-order chi connectivity index (χ1) is 8.22. The number of nitrogens with two attached hydrogens (primary N) is 1. The van der Waals surface area contributed by atoms with E-state index in [0.29, 0.717) is 5.69 Å². The van der Waals surface area contributed by atoms with Gasteiger partial charge in [-0.3, -0.25) is 9.78 Å². The number of hydrogen-bond acceptors (Lipinski definition) is 4. The molecule has 0 atom stereocenters. The first kappa shape index (κ1) is 11.7. The number of aryl methyl sites for hydroxylation is 1. The number of thiazole rings is 1. The number of hydrogen-bond donors (Lipinski definition) is 1. The van der Waals surface area contributed by atoms with Gasteiger partial charge in [-0.1, -0.05) is 13.3 Å². The SMILES string of the molecule is CCCc1sc(-c2ccncc2)nc1C(N)=O. The van der Waals surface area contributed by atoms with Crippen LogP contribution in [0, 0.1) is 0 Å². The summed E-state index contributed by atoms with van der Waals surface area (Å²) in [5, 5.41) is 0.824. The van der Waals surface area contributed by atoms with Gasteiger partial charge in [0.05, 0.1) is 0 Å². The Hall–Kier alpha value is -1.75. The van der Waals surface area contributed by atoms with Gasteiger partial charge in [-0.05, 0) is 18.6 Å². The molecule has 2 aromatic rings. The van der Waals surface area contributed by atoms with E-state index in [-0.39, 0.29) is 0 Å². The second-order valence-corrected chi connectivity index (χ2v) is 4.72. The van der Waals surface area contributed by atoms with Crippen LogP contribution in [-0.4, -0.2) is 15.9 Å². The Morgan fingerprint density at radius 3 is 2.71 bits per heavy atom. The average molecular weight is 247 g/mol. The molecule has 2 aromatic heterocycles. The maximum Gasteiger partial charge on any atom is 0.268 e. The number of rotatable bonds is 4. The molecular weight excluding hydrogens is 234 g/mol.